The molecule has 0 atom stereocenters. The minimum atomic E-state index is -0.00683. The van der Waals surface area contributed by atoms with E-state index in [4.69, 9.17) is 9.47 Å². The van der Waals surface area contributed by atoms with E-state index < -0.39 is 0 Å². The van der Waals surface area contributed by atoms with Gasteiger partial charge in [-0.3, -0.25) is 9.79 Å². The highest BCUT2D eigenvalue weighted by molar-refractivity contribution is 14.1. The number of rotatable bonds is 5. The first-order valence-corrected chi connectivity index (χ1v) is 9.16. The molecular formula is C19H19IN2O3. The Balaban J connectivity index is 1.52. The van der Waals surface area contributed by atoms with Gasteiger partial charge in [-0.15, -0.1) is 0 Å². The molecule has 25 heavy (non-hydrogen) atoms. The first-order chi connectivity index (χ1) is 12.2. The summed E-state index contributed by atoms with van der Waals surface area (Å²) in [4.78, 5) is 18.3. The number of benzene rings is 2. The molecule has 0 N–H and O–H groups in total. The van der Waals surface area contributed by atoms with Crippen LogP contribution in [0.4, 0.5) is 5.69 Å². The van der Waals surface area contributed by atoms with Crippen LogP contribution >= 0.6 is 22.6 Å². The molecular weight excluding hydrogens is 431 g/mol. The van der Waals surface area contributed by atoms with Gasteiger partial charge in [0, 0.05) is 22.9 Å². The molecule has 0 spiro atoms. The lowest BCUT2D eigenvalue weighted by Gasteiger charge is -2.26. The van der Waals surface area contributed by atoms with Crippen molar-refractivity contribution in [1.82, 2.24) is 4.90 Å². The molecule has 5 nitrogen and oxygen atoms in total. The van der Waals surface area contributed by atoms with Crippen molar-refractivity contribution < 1.29 is 14.3 Å². The van der Waals surface area contributed by atoms with Crippen LogP contribution in [0.1, 0.15) is 5.56 Å². The number of morpholine rings is 1. The number of carbonyl (C=O) groups is 1. The van der Waals surface area contributed by atoms with Gasteiger partial charge in [0.15, 0.2) is 6.61 Å². The average molecular weight is 450 g/mol. The molecule has 0 saturated carbocycles. The van der Waals surface area contributed by atoms with Gasteiger partial charge in [0.25, 0.3) is 5.91 Å². The zero-order valence-electron chi connectivity index (χ0n) is 13.7. The summed E-state index contributed by atoms with van der Waals surface area (Å²) in [6.07, 6.45) is 1.81. The van der Waals surface area contributed by atoms with Crippen LogP contribution < -0.4 is 4.74 Å². The number of halogens is 1. The molecule has 0 aromatic heterocycles. The van der Waals surface area contributed by atoms with Gasteiger partial charge >= 0.3 is 0 Å². The van der Waals surface area contributed by atoms with Gasteiger partial charge in [0.2, 0.25) is 0 Å². The van der Waals surface area contributed by atoms with Crippen molar-refractivity contribution in [2.45, 2.75) is 0 Å². The van der Waals surface area contributed by atoms with Crippen LogP contribution in [0.5, 0.6) is 5.75 Å². The predicted octanol–water partition coefficient (Wildman–Crippen LogP) is 3.28. The molecule has 3 rings (SSSR count). The summed E-state index contributed by atoms with van der Waals surface area (Å²) in [7, 11) is 0. The summed E-state index contributed by atoms with van der Waals surface area (Å²) < 4.78 is 12.0. The zero-order valence-corrected chi connectivity index (χ0v) is 15.9. The quantitative estimate of drug-likeness (QED) is 0.519. The molecule has 2 aromatic carbocycles. The smallest absolute Gasteiger partial charge is 0.260 e. The molecule has 1 amide bonds. The van der Waals surface area contributed by atoms with Crippen molar-refractivity contribution in [3.63, 3.8) is 0 Å². The number of carbonyl (C=O) groups excluding carboxylic acids is 1. The zero-order chi connectivity index (χ0) is 17.5. The topological polar surface area (TPSA) is 51.1 Å². The summed E-state index contributed by atoms with van der Waals surface area (Å²) in [6.45, 7) is 2.52. The van der Waals surface area contributed by atoms with Crippen LogP contribution in [0.15, 0.2) is 53.5 Å². The summed E-state index contributed by atoms with van der Waals surface area (Å²) in [6, 6.07) is 15.5. The maximum atomic E-state index is 12.0. The highest BCUT2D eigenvalue weighted by Crippen LogP contribution is 2.16. The van der Waals surface area contributed by atoms with Crippen molar-refractivity contribution in [3.8, 4) is 5.75 Å². The third-order valence-corrected chi connectivity index (χ3v) is 4.45. The van der Waals surface area contributed by atoms with E-state index >= 15 is 0 Å². The monoisotopic (exact) mass is 450 g/mol. The van der Waals surface area contributed by atoms with Gasteiger partial charge in [0.1, 0.15) is 5.75 Å². The Kier molecular flexibility index (Phi) is 6.41. The maximum Gasteiger partial charge on any atom is 0.260 e. The van der Waals surface area contributed by atoms with Crippen molar-refractivity contribution in [2.75, 3.05) is 32.9 Å². The fourth-order valence-electron chi connectivity index (χ4n) is 2.40. The van der Waals surface area contributed by atoms with Gasteiger partial charge in [0.05, 0.1) is 18.9 Å². The van der Waals surface area contributed by atoms with Crippen molar-refractivity contribution in [1.29, 1.82) is 0 Å². The molecule has 1 saturated heterocycles. The highest BCUT2D eigenvalue weighted by Gasteiger charge is 2.16. The predicted molar refractivity (Wildman–Crippen MR) is 106 cm³/mol. The third-order valence-electron chi connectivity index (χ3n) is 3.78. The molecule has 0 unspecified atom stereocenters. The lowest BCUT2D eigenvalue weighted by molar-refractivity contribution is -0.137. The lowest BCUT2D eigenvalue weighted by Crippen LogP contribution is -2.42. The Morgan fingerprint density at radius 3 is 2.68 bits per heavy atom. The Bertz CT molecular complexity index is 741. The third kappa shape index (κ3) is 5.54. The van der Waals surface area contributed by atoms with Gasteiger partial charge in [-0.2, -0.15) is 0 Å². The number of aliphatic imine (C=N–C) groups is 1. The first kappa shape index (κ1) is 17.9. The summed E-state index contributed by atoms with van der Waals surface area (Å²) in [5.41, 5.74) is 1.90. The summed E-state index contributed by atoms with van der Waals surface area (Å²) in [5, 5.41) is 0. The average Bonchev–Trinajstić information content (AvgIpc) is 2.66. The van der Waals surface area contributed by atoms with Gasteiger partial charge in [-0.05, 0) is 70.6 Å². The van der Waals surface area contributed by atoms with E-state index in [1.807, 2.05) is 54.7 Å². The number of hydrogen-bond donors (Lipinski definition) is 0. The number of nitrogens with zero attached hydrogens (tertiary/aromatic N) is 2. The van der Waals surface area contributed by atoms with Crippen molar-refractivity contribution >= 4 is 40.4 Å². The molecule has 1 aliphatic rings. The van der Waals surface area contributed by atoms with E-state index in [1.165, 1.54) is 0 Å². The summed E-state index contributed by atoms with van der Waals surface area (Å²) >= 11 is 2.27. The molecule has 130 valence electrons. The molecule has 2 aromatic rings. The Morgan fingerprint density at radius 2 is 1.96 bits per heavy atom. The van der Waals surface area contributed by atoms with Crippen molar-refractivity contribution in [3.05, 3.63) is 57.7 Å². The van der Waals surface area contributed by atoms with Crippen molar-refractivity contribution in [2.24, 2.45) is 4.99 Å². The second-order valence-electron chi connectivity index (χ2n) is 5.59. The Morgan fingerprint density at radius 1 is 1.20 bits per heavy atom. The number of amides is 1. The standard InChI is InChI=1S/C19H19IN2O3/c20-16-2-1-3-17(12-16)21-13-15-4-6-18(7-5-15)25-14-19(23)22-8-10-24-11-9-22/h1-7,12-13H,8-11,14H2. The minimum absolute atomic E-state index is 0.00683. The second kappa shape index (κ2) is 8.96. The molecule has 0 aliphatic carbocycles. The van der Waals surface area contributed by atoms with Crippen LogP contribution in [0.25, 0.3) is 0 Å². The van der Waals surface area contributed by atoms with E-state index in [-0.39, 0.29) is 12.5 Å². The van der Waals surface area contributed by atoms with Crippen LogP contribution in [-0.2, 0) is 9.53 Å². The molecule has 1 heterocycles. The fraction of sp³-hybridized carbons (Fsp3) is 0.263. The molecule has 6 heteroatoms. The Labute approximate surface area is 160 Å². The maximum absolute atomic E-state index is 12.0. The molecule has 0 radical (unpaired) electrons. The fourth-order valence-corrected chi connectivity index (χ4v) is 2.93. The molecule has 1 fully saturated rings. The molecule has 0 bridgehead atoms. The van der Waals surface area contributed by atoms with E-state index in [9.17, 15) is 4.79 Å². The van der Waals surface area contributed by atoms with E-state index in [2.05, 4.69) is 27.6 Å². The number of ether oxygens (including phenoxy) is 2. The Hall–Kier alpha value is -1.93. The largest absolute Gasteiger partial charge is 0.484 e. The number of hydrogen-bond acceptors (Lipinski definition) is 4. The lowest BCUT2D eigenvalue weighted by atomic mass is 10.2. The van der Waals surface area contributed by atoms with E-state index in [0.717, 1.165) is 14.8 Å². The van der Waals surface area contributed by atoms with Gasteiger partial charge < -0.3 is 14.4 Å². The van der Waals surface area contributed by atoms with E-state index in [0.29, 0.717) is 32.1 Å². The van der Waals surface area contributed by atoms with Crippen LogP contribution in [0, 0.1) is 3.57 Å². The second-order valence-corrected chi connectivity index (χ2v) is 6.83. The SMILES string of the molecule is O=C(COc1ccc(C=Nc2cccc(I)c2)cc1)N1CCOCC1. The van der Waals surface area contributed by atoms with Gasteiger partial charge in [-0.1, -0.05) is 6.07 Å². The first-order valence-electron chi connectivity index (χ1n) is 8.09. The molecule has 1 aliphatic heterocycles. The highest BCUT2D eigenvalue weighted by atomic mass is 127. The van der Waals surface area contributed by atoms with Crippen LogP contribution in [0.3, 0.4) is 0 Å². The summed E-state index contributed by atoms with van der Waals surface area (Å²) in [5.74, 6) is 0.667. The van der Waals surface area contributed by atoms with Crippen LogP contribution in [-0.4, -0.2) is 49.9 Å². The minimum Gasteiger partial charge on any atom is -0.484 e. The normalized spacial score (nSPS) is 14.7. The van der Waals surface area contributed by atoms with Gasteiger partial charge in [-0.25, -0.2) is 0 Å². The van der Waals surface area contributed by atoms with E-state index in [1.54, 1.807) is 4.90 Å². The van der Waals surface area contributed by atoms with Crippen LogP contribution in [0.2, 0.25) is 0 Å².